The lowest BCUT2D eigenvalue weighted by Gasteiger charge is -2.02. The Morgan fingerprint density at radius 3 is 0.444 bits per heavy atom. The third-order valence-electron chi connectivity index (χ3n) is 6.02. The van der Waals surface area contributed by atoms with E-state index >= 15 is 0 Å². The fraction of sp³-hybridized carbons (Fsp3) is 0.172. The number of hydrogen-bond donors (Lipinski definition) is 1. The molecule has 0 unspecified atom stereocenters. The van der Waals surface area contributed by atoms with Gasteiger partial charge in [0.15, 0.2) is 116 Å². The molecule has 0 aliphatic carbocycles. The molecule has 0 aliphatic rings. The standard InChI is InChI=1S/4C6BF5.C5H13N/c4*7-1-2(8)4(10)6(12)5(11)3(1)9;1-3-5(6)4-2/h;;;;5H,3-4,6H2,1-2H3. The van der Waals surface area contributed by atoms with E-state index < -0.39 is 138 Å². The Morgan fingerprint density at radius 2 is 0.370 bits per heavy atom. The van der Waals surface area contributed by atoms with Gasteiger partial charge in [0.2, 0.25) is 0 Å². The lowest BCUT2D eigenvalue weighted by molar-refractivity contribution is 0.384. The second-order valence-electron chi connectivity index (χ2n) is 9.51. The first kappa shape index (κ1) is 49.7. The maximum atomic E-state index is 12.3. The Bertz CT molecular complexity index is 1280. The van der Waals surface area contributed by atoms with Gasteiger partial charge < -0.3 is 5.73 Å². The summed E-state index contributed by atoms with van der Waals surface area (Å²) >= 11 is 0. The first-order valence-electron chi connectivity index (χ1n) is 13.5. The molecule has 1 nitrogen and oxygen atoms in total. The van der Waals surface area contributed by atoms with Gasteiger partial charge in [0.1, 0.15) is 31.4 Å². The van der Waals surface area contributed by atoms with E-state index in [0.29, 0.717) is 6.04 Å². The van der Waals surface area contributed by atoms with Gasteiger partial charge in [0.25, 0.3) is 0 Å². The average molecular weight is 799 g/mol. The van der Waals surface area contributed by atoms with Crippen LogP contribution in [0.3, 0.4) is 0 Å². The van der Waals surface area contributed by atoms with Crippen molar-refractivity contribution in [3.63, 3.8) is 0 Å². The molecule has 0 saturated heterocycles. The Balaban J connectivity index is 0.000000661. The SMILES string of the molecule is CCC(N)CC.[B]c1c(F)c(F)c(F)c(F)c1F.[B]c1c(F)c(F)c(F)c(F)c1F.[B]c1c(F)c(F)c(F)c(F)c1F.[B]c1c(F)c(F)c(F)c(F)c1F. The van der Waals surface area contributed by atoms with Crippen LogP contribution >= 0.6 is 0 Å². The van der Waals surface area contributed by atoms with Gasteiger partial charge in [-0.2, -0.15) is 0 Å². The van der Waals surface area contributed by atoms with E-state index in [2.05, 4.69) is 45.2 Å². The van der Waals surface area contributed by atoms with Crippen LogP contribution in [0, 0.1) is 116 Å². The summed E-state index contributed by atoms with van der Waals surface area (Å²) in [6, 6.07) is 0.435. The van der Waals surface area contributed by atoms with E-state index in [1.54, 1.807) is 0 Å². The van der Waals surface area contributed by atoms with Crippen molar-refractivity contribution in [1.29, 1.82) is 0 Å². The molecule has 0 aromatic heterocycles. The van der Waals surface area contributed by atoms with Crippen LogP contribution in [0.4, 0.5) is 87.8 Å². The van der Waals surface area contributed by atoms with Crippen molar-refractivity contribution in [1.82, 2.24) is 0 Å². The van der Waals surface area contributed by atoms with Crippen LogP contribution < -0.4 is 27.6 Å². The summed E-state index contributed by atoms with van der Waals surface area (Å²) in [6.07, 6.45) is 2.22. The maximum Gasteiger partial charge on any atom is 0.200 e. The summed E-state index contributed by atoms with van der Waals surface area (Å²) in [7, 11) is 18.2. The maximum absolute atomic E-state index is 12.3. The molecule has 25 heteroatoms. The monoisotopic (exact) mass is 799 g/mol. The van der Waals surface area contributed by atoms with Crippen molar-refractivity contribution in [3.05, 3.63) is 116 Å². The molecule has 4 aromatic carbocycles. The highest BCUT2D eigenvalue weighted by Crippen LogP contribution is 2.17. The largest absolute Gasteiger partial charge is 0.328 e. The van der Waals surface area contributed by atoms with Gasteiger partial charge in [-0.25, -0.2) is 87.8 Å². The Morgan fingerprint density at radius 1 is 0.278 bits per heavy atom. The van der Waals surface area contributed by atoms with Gasteiger partial charge in [0, 0.05) is 6.04 Å². The molecule has 286 valence electrons. The first-order chi connectivity index (χ1) is 24.7. The Kier molecular flexibility index (Phi) is 19.3. The summed E-state index contributed by atoms with van der Waals surface area (Å²) in [5.74, 6) is -41.2. The molecule has 0 spiro atoms. The molecular formula is C29H13B4F20N. The van der Waals surface area contributed by atoms with Gasteiger partial charge >= 0.3 is 0 Å². The number of rotatable bonds is 2. The van der Waals surface area contributed by atoms with E-state index in [0.717, 1.165) is 12.8 Å². The van der Waals surface area contributed by atoms with Crippen LogP contribution in [0.15, 0.2) is 0 Å². The van der Waals surface area contributed by atoms with E-state index in [-0.39, 0.29) is 0 Å². The highest BCUT2D eigenvalue weighted by Gasteiger charge is 2.25. The molecule has 0 bridgehead atoms. The van der Waals surface area contributed by atoms with Crippen LogP contribution in [-0.4, -0.2) is 37.4 Å². The van der Waals surface area contributed by atoms with Crippen LogP contribution in [0.5, 0.6) is 0 Å². The molecule has 0 heterocycles. The summed E-state index contributed by atoms with van der Waals surface area (Å²) in [4.78, 5) is 0. The highest BCUT2D eigenvalue weighted by atomic mass is 19.2. The number of hydrogen-bond acceptors (Lipinski definition) is 1. The van der Waals surface area contributed by atoms with E-state index in [1.165, 1.54) is 0 Å². The average Bonchev–Trinajstić information content (AvgIpc) is 3.18. The molecule has 0 amide bonds. The van der Waals surface area contributed by atoms with Crippen LogP contribution in [-0.2, 0) is 0 Å². The van der Waals surface area contributed by atoms with Gasteiger partial charge in [-0.05, 0) is 34.7 Å². The lowest BCUT2D eigenvalue weighted by Crippen LogP contribution is -2.20. The van der Waals surface area contributed by atoms with Crippen molar-refractivity contribution in [2.75, 3.05) is 0 Å². The zero-order valence-electron chi connectivity index (χ0n) is 26.4. The molecule has 0 fully saturated rings. The van der Waals surface area contributed by atoms with Crippen molar-refractivity contribution in [2.24, 2.45) is 5.73 Å². The molecule has 8 radical (unpaired) electrons. The third kappa shape index (κ3) is 11.4. The molecule has 4 aromatic rings. The third-order valence-corrected chi connectivity index (χ3v) is 6.02. The lowest BCUT2D eigenvalue weighted by atomic mass is 9.94. The normalized spacial score (nSPS) is 10.4. The number of benzene rings is 4. The van der Waals surface area contributed by atoms with Gasteiger partial charge in [-0.1, -0.05) is 13.8 Å². The first-order valence-corrected chi connectivity index (χ1v) is 13.5. The summed E-state index contributed by atoms with van der Waals surface area (Å²) in [5, 5.41) is 0. The zero-order chi connectivity index (χ0) is 42.8. The second-order valence-corrected chi connectivity index (χ2v) is 9.51. The van der Waals surface area contributed by atoms with E-state index in [1.807, 2.05) is 0 Å². The molecule has 0 saturated carbocycles. The highest BCUT2D eigenvalue weighted by molar-refractivity contribution is 6.33. The topological polar surface area (TPSA) is 26.0 Å². The van der Waals surface area contributed by atoms with Crippen molar-refractivity contribution < 1.29 is 87.8 Å². The summed E-state index contributed by atoms with van der Waals surface area (Å²) in [6.45, 7) is 4.21. The van der Waals surface area contributed by atoms with Crippen molar-refractivity contribution in [2.45, 2.75) is 32.7 Å². The Labute approximate surface area is 296 Å². The van der Waals surface area contributed by atoms with E-state index in [9.17, 15) is 87.8 Å². The van der Waals surface area contributed by atoms with Crippen molar-refractivity contribution >= 4 is 53.2 Å². The quantitative estimate of drug-likeness (QED) is 0.118. The van der Waals surface area contributed by atoms with Crippen LogP contribution in [0.1, 0.15) is 26.7 Å². The minimum Gasteiger partial charge on any atom is -0.328 e. The Hall–Kier alpha value is -4.30. The van der Waals surface area contributed by atoms with E-state index in [4.69, 9.17) is 5.73 Å². The van der Waals surface area contributed by atoms with Gasteiger partial charge in [-0.15, -0.1) is 0 Å². The predicted octanol–water partition coefficient (Wildman–Crippen LogP) is 5.84. The molecule has 0 atom stereocenters. The predicted molar refractivity (Wildman–Crippen MR) is 155 cm³/mol. The van der Waals surface area contributed by atoms with Crippen LogP contribution in [0.2, 0.25) is 0 Å². The molecular weight excluding hydrogens is 786 g/mol. The molecule has 2 N–H and O–H groups in total. The van der Waals surface area contributed by atoms with Crippen molar-refractivity contribution in [3.8, 4) is 0 Å². The molecule has 4 rings (SSSR count). The van der Waals surface area contributed by atoms with Gasteiger partial charge in [-0.3, -0.25) is 0 Å². The zero-order valence-corrected chi connectivity index (χ0v) is 26.4. The minimum absolute atomic E-state index is 0.435. The minimum atomic E-state index is -2.21. The summed E-state index contributed by atoms with van der Waals surface area (Å²) in [5.41, 5.74) is -0.00407. The number of nitrogens with two attached hydrogens (primary N) is 1. The summed E-state index contributed by atoms with van der Waals surface area (Å²) < 4.78 is 244. The van der Waals surface area contributed by atoms with Gasteiger partial charge in [0.05, 0.1) is 0 Å². The smallest absolute Gasteiger partial charge is 0.200 e. The number of halogens is 20. The molecule has 0 aliphatic heterocycles. The van der Waals surface area contributed by atoms with Crippen LogP contribution in [0.25, 0.3) is 0 Å². The second kappa shape index (κ2) is 21.0. The fourth-order valence-electron chi connectivity index (χ4n) is 2.78. The molecule has 54 heavy (non-hydrogen) atoms. The fourth-order valence-corrected chi connectivity index (χ4v) is 2.78.